The third kappa shape index (κ3) is 5.37. The first kappa shape index (κ1) is 26.4. The Morgan fingerprint density at radius 3 is 2.11 bits per heavy atom. The molecule has 10 heteroatoms. The van der Waals surface area contributed by atoms with Gasteiger partial charge in [-0.3, -0.25) is 9.59 Å². The van der Waals surface area contributed by atoms with Crippen molar-refractivity contribution < 1.29 is 27.9 Å². The number of benzene rings is 1. The Hall–Kier alpha value is -2.65. The van der Waals surface area contributed by atoms with Crippen LogP contribution in [-0.2, 0) is 10.4 Å². The minimum atomic E-state index is -5.12. The van der Waals surface area contributed by atoms with Crippen LogP contribution in [0.2, 0.25) is 5.15 Å². The molecule has 4 rings (SSSR count). The lowest BCUT2D eigenvalue weighted by Crippen LogP contribution is -2.57. The maximum absolute atomic E-state index is 13.9. The van der Waals surface area contributed by atoms with Gasteiger partial charge in [0.15, 0.2) is 6.29 Å². The maximum Gasteiger partial charge on any atom is 0.430 e. The average Bonchev–Trinajstić information content (AvgIpc) is 2.88. The second kappa shape index (κ2) is 10.8. The number of aromatic nitrogens is 1. The van der Waals surface area contributed by atoms with Gasteiger partial charge in [0.25, 0.3) is 11.5 Å². The molecule has 1 aromatic heterocycles. The van der Waals surface area contributed by atoms with Crippen LogP contribution in [-0.4, -0.2) is 59.5 Å². The van der Waals surface area contributed by atoms with E-state index >= 15 is 0 Å². The fourth-order valence-electron chi connectivity index (χ4n) is 5.26. The number of hydrogen-bond donors (Lipinski definition) is 1. The highest BCUT2D eigenvalue weighted by molar-refractivity contribution is 6.31. The Kier molecular flexibility index (Phi) is 7.90. The first-order valence-electron chi connectivity index (χ1n) is 12.1. The molecule has 1 aromatic carbocycles. The number of piperidine rings is 2. The van der Waals surface area contributed by atoms with Gasteiger partial charge in [0.1, 0.15) is 11.0 Å². The van der Waals surface area contributed by atoms with Gasteiger partial charge in [0.2, 0.25) is 0 Å². The molecule has 2 saturated heterocycles. The van der Waals surface area contributed by atoms with E-state index in [0.717, 1.165) is 55.2 Å². The van der Waals surface area contributed by atoms with Crippen LogP contribution < -0.4 is 4.90 Å². The molecule has 36 heavy (non-hydrogen) atoms. The zero-order valence-electron chi connectivity index (χ0n) is 19.8. The Morgan fingerprint density at radius 2 is 1.58 bits per heavy atom. The molecule has 3 heterocycles. The van der Waals surface area contributed by atoms with Gasteiger partial charge in [-0.05, 0) is 56.1 Å². The molecule has 0 saturated carbocycles. The van der Waals surface area contributed by atoms with Gasteiger partial charge < -0.3 is 14.9 Å². The molecule has 0 radical (unpaired) electrons. The number of anilines is 1. The van der Waals surface area contributed by atoms with E-state index in [-0.39, 0.29) is 18.2 Å². The van der Waals surface area contributed by atoms with Crippen molar-refractivity contribution in [3.8, 4) is 0 Å². The zero-order chi connectivity index (χ0) is 25.9. The first-order chi connectivity index (χ1) is 17.1. The SMILES string of the molecule is O=Cc1ccc(N2CCC(CC3CCN(C(=O)C(O)(c4ccccc4)C(F)(F)F)CC3)CC2)nc1Cl. The number of aliphatic hydroxyl groups is 1. The predicted octanol–water partition coefficient (Wildman–Crippen LogP) is 4.84. The van der Waals surface area contributed by atoms with E-state index in [1.54, 1.807) is 12.1 Å². The standard InChI is InChI=1S/C26H29ClF3N3O3/c27-23-20(17-34)6-7-22(31-23)32-12-8-18(9-13-32)16-19-10-14-33(15-11-19)24(35)25(36,26(28,29)30)21-4-2-1-3-5-21/h1-7,17-19,36H,8-16H2. The van der Waals surface area contributed by atoms with Crippen LogP contribution in [0.3, 0.4) is 0 Å². The summed E-state index contributed by atoms with van der Waals surface area (Å²) in [6.45, 7) is 2.00. The number of alkyl halides is 3. The molecular weight excluding hydrogens is 495 g/mol. The normalized spacial score (nSPS) is 19.7. The van der Waals surface area contributed by atoms with E-state index in [1.807, 2.05) is 0 Å². The second-order valence-electron chi connectivity index (χ2n) is 9.64. The number of nitrogens with zero attached hydrogens (tertiary/aromatic N) is 3. The summed E-state index contributed by atoms with van der Waals surface area (Å²) in [4.78, 5) is 31.5. The van der Waals surface area contributed by atoms with Gasteiger partial charge in [0.05, 0.1) is 5.56 Å². The number of aldehydes is 1. The predicted molar refractivity (Wildman–Crippen MR) is 130 cm³/mol. The van der Waals surface area contributed by atoms with Crippen LogP contribution in [0.4, 0.5) is 19.0 Å². The minimum Gasteiger partial charge on any atom is -0.369 e. The van der Waals surface area contributed by atoms with Crippen molar-refractivity contribution in [2.45, 2.75) is 43.9 Å². The molecule has 6 nitrogen and oxygen atoms in total. The van der Waals surface area contributed by atoms with Gasteiger partial charge in [0, 0.05) is 31.7 Å². The summed E-state index contributed by atoms with van der Waals surface area (Å²) in [5, 5.41) is 10.8. The summed E-state index contributed by atoms with van der Waals surface area (Å²) >= 11 is 6.05. The number of carbonyl (C=O) groups excluding carboxylic acids is 2. The van der Waals surface area contributed by atoms with E-state index < -0.39 is 23.2 Å². The smallest absolute Gasteiger partial charge is 0.369 e. The summed E-state index contributed by atoms with van der Waals surface area (Å²) in [7, 11) is 0. The summed E-state index contributed by atoms with van der Waals surface area (Å²) in [5.74, 6) is 0.238. The number of rotatable bonds is 6. The topological polar surface area (TPSA) is 73.7 Å². The average molecular weight is 524 g/mol. The molecule has 1 unspecified atom stereocenters. The van der Waals surface area contributed by atoms with E-state index in [2.05, 4.69) is 9.88 Å². The molecule has 1 atom stereocenters. The quantitative estimate of drug-likeness (QED) is 0.433. The third-order valence-corrected chi connectivity index (χ3v) is 7.71. The molecule has 0 spiro atoms. The Morgan fingerprint density at radius 1 is 1.00 bits per heavy atom. The summed E-state index contributed by atoms with van der Waals surface area (Å²) in [6, 6.07) is 10.0. The van der Waals surface area contributed by atoms with Gasteiger partial charge in [-0.15, -0.1) is 0 Å². The number of likely N-dealkylation sites (tertiary alicyclic amines) is 1. The van der Waals surface area contributed by atoms with Crippen molar-refractivity contribution in [1.82, 2.24) is 9.88 Å². The number of pyridine rings is 1. The van der Waals surface area contributed by atoms with Crippen LogP contribution in [0.15, 0.2) is 42.5 Å². The largest absolute Gasteiger partial charge is 0.430 e. The molecule has 1 N–H and O–H groups in total. The Labute approximate surface area is 213 Å². The van der Waals surface area contributed by atoms with Crippen molar-refractivity contribution in [1.29, 1.82) is 0 Å². The molecule has 2 aliphatic rings. The third-order valence-electron chi connectivity index (χ3n) is 7.41. The lowest BCUT2D eigenvalue weighted by atomic mass is 9.82. The Balaban J connectivity index is 1.30. The van der Waals surface area contributed by atoms with Crippen LogP contribution in [0.25, 0.3) is 0 Å². The molecule has 2 fully saturated rings. The van der Waals surface area contributed by atoms with Gasteiger partial charge in [-0.2, -0.15) is 13.2 Å². The number of amides is 1. The minimum absolute atomic E-state index is 0.190. The fraction of sp³-hybridized carbons (Fsp3) is 0.500. The number of hydrogen-bond acceptors (Lipinski definition) is 5. The summed E-state index contributed by atoms with van der Waals surface area (Å²) in [6.07, 6.45) is -0.363. The van der Waals surface area contributed by atoms with E-state index in [9.17, 15) is 27.9 Å². The molecule has 2 aromatic rings. The molecule has 1 amide bonds. The van der Waals surface area contributed by atoms with Crippen molar-refractivity contribution in [3.63, 3.8) is 0 Å². The number of halogens is 4. The van der Waals surface area contributed by atoms with Crippen molar-refractivity contribution in [2.24, 2.45) is 11.8 Å². The molecule has 0 bridgehead atoms. The fourth-order valence-corrected chi connectivity index (χ4v) is 5.45. The van der Waals surface area contributed by atoms with Gasteiger partial charge in [-0.1, -0.05) is 41.9 Å². The maximum atomic E-state index is 13.9. The highest BCUT2D eigenvalue weighted by Crippen LogP contribution is 2.41. The molecule has 0 aliphatic carbocycles. The van der Waals surface area contributed by atoms with Gasteiger partial charge in [-0.25, -0.2) is 4.98 Å². The summed E-state index contributed by atoms with van der Waals surface area (Å²) in [5.41, 5.74) is -3.65. The number of carbonyl (C=O) groups is 2. The molecular formula is C26H29ClF3N3O3. The second-order valence-corrected chi connectivity index (χ2v) is 10.0. The summed E-state index contributed by atoms with van der Waals surface area (Å²) < 4.78 is 41.6. The van der Waals surface area contributed by atoms with Crippen LogP contribution in [0.5, 0.6) is 0 Å². The molecule has 194 valence electrons. The van der Waals surface area contributed by atoms with Crippen molar-refractivity contribution in [2.75, 3.05) is 31.1 Å². The van der Waals surface area contributed by atoms with Crippen molar-refractivity contribution >= 4 is 29.6 Å². The lowest BCUT2D eigenvalue weighted by Gasteiger charge is -2.40. The van der Waals surface area contributed by atoms with E-state index in [0.29, 0.717) is 36.5 Å². The van der Waals surface area contributed by atoms with Crippen molar-refractivity contribution in [3.05, 3.63) is 58.7 Å². The lowest BCUT2D eigenvalue weighted by molar-refractivity contribution is -0.262. The monoisotopic (exact) mass is 523 g/mol. The van der Waals surface area contributed by atoms with Crippen LogP contribution in [0.1, 0.15) is 48.0 Å². The first-order valence-corrected chi connectivity index (χ1v) is 12.5. The highest BCUT2D eigenvalue weighted by Gasteiger charge is 2.62. The van der Waals surface area contributed by atoms with Gasteiger partial charge >= 0.3 is 6.18 Å². The van der Waals surface area contributed by atoms with Crippen LogP contribution >= 0.6 is 11.6 Å². The highest BCUT2D eigenvalue weighted by atomic mass is 35.5. The molecule has 2 aliphatic heterocycles. The van der Waals surface area contributed by atoms with E-state index in [4.69, 9.17) is 11.6 Å². The Bertz CT molecular complexity index is 1070. The zero-order valence-corrected chi connectivity index (χ0v) is 20.5. The van der Waals surface area contributed by atoms with E-state index in [1.165, 1.54) is 18.2 Å². The van der Waals surface area contributed by atoms with Crippen LogP contribution in [0, 0.1) is 11.8 Å².